The molecule has 1 rings (SSSR count). The standard InChI is InChI=1S/C10H20N2O2/c1-2-3-12(4-5-13)10(14)6-9-7-11-8-9/h9,11,13H,2-8H2,1H3. The number of amides is 1. The second kappa shape index (κ2) is 5.98. The lowest BCUT2D eigenvalue weighted by Gasteiger charge is -2.29. The molecule has 1 aliphatic rings. The molecule has 0 aromatic rings. The zero-order chi connectivity index (χ0) is 10.4. The number of carbonyl (C=O) groups excluding carboxylic acids is 1. The summed E-state index contributed by atoms with van der Waals surface area (Å²) >= 11 is 0. The van der Waals surface area contributed by atoms with Crippen molar-refractivity contribution in [1.82, 2.24) is 10.2 Å². The minimum absolute atomic E-state index is 0.0641. The van der Waals surface area contributed by atoms with Crippen molar-refractivity contribution in [2.24, 2.45) is 5.92 Å². The van der Waals surface area contributed by atoms with Crippen LogP contribution in [0.3, 0.4) is 0 Å². The van der Waals surface area contributed by atoms with Crippen LogP contribution in [0.4, 0.5) is 0 Å². The van der Waals surface area contributed by atoms with Gasteiger partial charge in [-0.3, -0.25) is 4.79 Å². The molecule has 0 aromatic heterocycles. The van der Waals surface area contributed by atoms with Crippen LogP contribution in [0.2, 0.25) is 0 Å². The summed E-state index contributed by atoms with van der Waals surface area (Å²) in [5.41, 5.74) is 0. The fourth-order valence-corrected chi connectivity index (χ4v) is 1.62. The molecule has 1 amide bonds. The van der Waals surface area contributed by atoms with Gasteiger partial charge in [0.15, 0.2) is 0 Å². The van der Waals surface area contributed by atoms with Gasteiger partial charge in [-0.25, -0.2) is 0 Å². The molecule has 0 saturated carbocycles. The molecule has 0 unspecified atom stereocenters. The van der Waals surface area contributed by atoms with Gasteiger partial charge in [0, 0.05) is 19.5 Å². The summed E-state index contributed by atoms with van der Waals surface area (Å²) < 4.78 is 0. The van der Waals surface area contributed by atoms with E-state index in [-0.39, 0.29) is 12.5 Å². The van der Waals surface area contributed by atoms with E-state index in [4.69, 9.17) is 5.11 Å². The van der Waals surface area contributed by atoms with E-state index < -0.39 is 0 Å². The molecule has 1 heterocycles. The fraction of sp³-hybridized carbons (Fsp3) is 0.900. The Labute approximate surface area is 85.3 Å². The summed E-state index contributed by atoms with van der Waals surface area (Å²) in [6.45, 7) is 5.28. The molecule has 0 radical (unpaired) electrons. The topological polar surface area (TPSA) is 52.6 Å². The van der Waals surface area contributed by atoms with Gasteiger partial charge in [-0.2, -0.15) is 0 Å². The maximum Gasteiger partial charge on any atom is 0.223 e. The predicted octanol–water partition coefficient (Wildman–Crippen LogP) is -0.173. The highest BCUT2D eigenvalue weighted by Gasteiger charge is 2.22. The first-order valence-corrected chi connectivity index (χ1v) is 5.37. The van der Waals surface area contributed by atoms with E-state index in [2.05, 4.69) is 5.32 Å². The van der Waals surface area contributed by atoms with Crippen molar-refractivity contribution in [3.8, 4) is 0 Å². The van der Waals surface area contributed by atoms with Crippen molar-refractivity contribution in [2.45, 2.75) is 19.8 Å². The Kier molecular flexibility index (Phi) is 4.90. The Hall–Kier alpha value is -0.610. The molecule has 0 aromatic carbocycles. The van der Waals surface area contributed by atoms with Crippen molar-refractivity contribution in [3.63, 3.8) is 0 Å². The third kappa shape index (κ3) is 3.27. The Balaban J connectivity index is 2.28. The van der Waals surface area contributed by atoms with E-state index in [0.29, 0.717) is 18.9 Å². The lowest BCUT2D eigenvalue weighted by Crippen LogP contribution is -2.45. The van der Waals surface area contributed by atoms with Crippen LogP contribution in [0.1, 0.15) is 19.8 Å². The van der Waals surface area contributed by atoms with Crippen LogP contribution in [0.15, 0.2) is 0 Å². The van der Waals surface area contributed by atoms with Gasteiger partial charge >= 0.3 is 0 Å². The van der Waals surface area contributed by atoms with Crippen molar-refractivity contribution in [3.05, 3.63) is 0 Å². The number of aliphatic hydroxyl groups excluding tert-OH is 1. The average molecular weight is 200 g/mol. The second-order valence-electron chi connectivity index (χ2n) is 3.83. The maximum absolute atomic E-state index is 11.7. The van der Waals surface area contributed by atoms with Gasteiger partial charge in [-0.1, -0.05) is 6.92 Å². The van der Waals surface area contributed by atoms with Crippen LogP contribution < -0.4 is 5.32 Å². The van der Waals surface area contributed by atoms with E-state index in [1.807, 2.05) is 6.92 Å². The van der Waals surface area contributed by atoms with Crippen molar-refractivity contribution >= 4 is 5.91 Å². The molecule has 0 spiro atoms. The highest BCUT2D eigenvalue weighted by atomic mass is 16.3. The van der Waals surface area contributed by atoms with Crippen LogP contribution in [-0.4, -0.2) is 48.7 Å². The number of carbonyl (C=O) groups is 1. The molecular formula is C10H20N2O2. The summed E-state index contributed by atoms with van der Waals surface area (Å²) in [6.07, 6.45) is 1.58. The van der Waals surface area contributed by atoms with Crippen LogP contribution in [0.5, 0.6) is 0 Å². The van der Waals surface area contributed by atoms with Crippen molar-refractivity contribution < 1.29 is 9.90 Å². The molecule has 14 heavy (non-hydrogen) atoms. The van der Waals surface area contributed by atoms with Crippen molar-refractivity contribution in [1.29, 1.82) is 0 Å². The lowest BCUT2D eigenvalue weighted by molar-refractivity contribution is -0.133. The fourth-order valence-electron chi connectivity index (χ4n) is 1.62. The normalized spacial score (nSPS) is 16.4. The van der Waals surface area contributed by atoms with Crippen LogP contribution in [0.25, 0.3) is 0 Å². The van der Waals surface area contributed by atoms with Crippen LogP contribution in [-0.2, 0) is 4.79 Å². The highest BCUT2D eigenvalue weighted by molar-refractivity contribution is 5.76. The monoisotopic (exact) mass is 200 g/mol. The van der Waals surface area contributed by atoms with Crippen molar-refractivity contribution in [2.75, 3.05) is 32.8 Å². The van der Waals surface area contributed by atoms with E-state index in [0.717, 1.165) is 26.1 Å². The maximum atomic E-state index is 11.7. The number of aliphatic hydroxyl groups is 1. The Morgan fingerprint density at radius 2 is 2.21 bits per heavy atom. The molecule has 1 fully saturated rings. The highest BCUT2D eigenvalue weighted by Crippen LogP contribution is 2.10. The molecular weight excluding hydrogens is 180 g/mol. The summed E-state index contributed by atoms with van der Waals surface area (Å²) in [5.74, 6) is 0.702. The first kappa shape index (κ1) is 11.5. The smallest absolute Gasteiger partial charge is 0.223 e. The summed E-state index contributed by atoms with van der Waals surface area (Å²) in [5, 5.41) is 12.0. The molecule has 1 saturated heterocycles. The molecule has 1 aliphatic heterocycles. The first-order valence-electron chi connectivity index (χ1n) is 5.37. The number of rotatable bonds is 6. The summed E-state index contributed by atoms with van der Waals surface area (Å²) in [6, 6.07) is 0. The van der Waals surface area contributed by atoms with Gasteiger partial charge < -0.3 is 15.3 Å². The Morgan fingerprint density at radius 1 is 1.50 bits per heavy atom. The Morgan fingerprint density at radius 3 is 2.64 bits per heavy atom. The van der Waals surface area contributed by atoms with Gasteiger partial charge in [0.05, 0.1) is 6.61 Å². The SMILES string of the molecule is CCCN(CCO)C(=O)CC1CNC1. The number of hydrogen-bond acceptors (Lipinski definition) is 3. The van der Waals surface area contributed by atoms with Gasteiger partial charge in [0.1, 0.15) is 0 Å². The predicted molar refractivity (Wildman–Crippen MR) is 54.9 cm³/mol. The van der Waals surface area contributed by atoms with E-state index in [1.54, 1.807) is 4.90 Å². The second-order valence-corrected chi connectivity index (χ2v) is 3.83. The number of hydrogen-bond donors (Lipinski definition) is 2. The Bertz CT molecular complexity index is 175. The minimum Gasteiger partial charge on any atom is -0.395 e. The number of nitrogens with one attached hydrogen (secondary N) is 1. The van der Waals surface area contributed by atoms with Gasteiger partial charge in [-0.15, -0.1) is 0 Å². The molecule has 0 bridgehead atoms. The molecule has 2 N–H and O–H groups in total. The number of nitrogens with zero attached hydrogens (tertiary/aromatic N) is 1. The largest absolute Gasteiger partial charge is 0.395 e. The summed E-state index contributed by atoms with van der Waals surface area (Å²) in [4.78, 5) is 13.5. The minimum atomic E-state index is 0.0641. The van der Waals surface area contributed by atoms with E-state index in [1.165, 1.54) is 0 Å². The van der Waals surface area contributed by atoms with E-state index in [9.17, 15) is 4.79 Å². The molecule has 4 nitrogen and oxygen atoms in total. The van der Waals surface area contributed by atoms with Gasteiger partial charge in [0.25, 0.3) is 0 Å². The third-order valence-electron chi connectivity index (χ3n) is 2.55. The third-order valence-corrected chi connectivity index (χ3v) is 2.55. The zero-order valence-corrected chi connectivity index (χ0v) is 8.83. The molecule has 0 atom stereocenters. The molecule has 4 heteroatoms. The first-order chi connectivity index (χ1) is 6.77. The van der Waals surface area contributed by atoms with Crippen LogP contribution >= 0.6 is 0 Å². The van der Waals surface area contributed by atoms with E-state index >= 15 is 0 Å². The van der Waals surface area contributed by atoms with Gasteiger partial charge in [0.2, 0.25) is 5.91 Å². The zero-order valence-electron chi connectivity index (χ0n) is 8.83. The van der Waals surface area contributed by atoms with Crippen LogP contribution in [0, 0.1) is 5.92 Å². The average Bonchev–Trinajstić information content (AvgIpc) is 2.11. The lowest BCUT2D eigenvalue weighted by atomic mass is 9.98. The summed E-state index contributed by atoms with van der Waals surface area (Å²) in [7, 11) is 0. The quantitative estimate of drug-likeness (QED) is 0.626. The molecule has 0 aliphatic carbocycles. The molecule has 82 valence electrons. The van der Waals surface area contributed by atoms with Gasteiger partial charge in [-0.05, 0) is 25.4 Å².